The predicted octanol–water partition coefficient (Wildman–Crippen LogP) is 7.01. The summed E-state index contributed by atoms with van der Waals surface area (Å²) in [5.41, 5.74) is 6.45. The molecule has 3 nitrogen and oxygen atoms in total. The maximum atomic E-state index is 13.3. The lowest BCUT2D eigenvalue weighted by Crippen LogP contribution is -2.26. The van der Waals surface area contributed by atoms with E-state index in [0.29, 0.717) is 6.61 Å². The fourth-order valence-electron chi connectivity index (χ4n) is 4.32. The predicted molar refractivity (Wildman–Crippen MR) is 124 cm³/mol. The minimum Gasteiger partial charge on any atom is -0.487 e. The smallest absolute Gasteiger partial charge is 0.147 e. The second-order valence-corrected chi connectivity index (χ2v) is 9.18. The van der Waals surface area contributed by atoms with Crippen LogP contribution < -0.4 is 4.74 Å². The van der Waals surface area contributed by atoms with Crippen LogP contribution in [0.2, 0.25) is 0 Å². The first-order chi connectivity index (χ1) is 14.8. The van der Waals surface area contributed by atoms with Gasteiger partial charge >= 0.3 is 0 Å². The molecule has 0 saturated heterocycles. The van der Waals surface area contributed by atoms with Crippen LogP contribution in [-0.4, -0.2) is 9.55 Å². The van der Waals surface area contributed by atoms with Crippen LogP contribution in [0.25, 0.3) is 11.0 Å². The molecule has 2 aromatic carbocycles. The van der Waals surface area contributed by atoms with Gasteiger partial charge in [-0.25, -0.2) is 4.39 Å². The summed E-state index contributed by atoms with van der Waals surface area (Å²) < 4.78 is 21.9. The zero-order chi connectivity index (χ0) is 22.2. The van der Waals surface area contributed by atoms with E-state index in [0.717, 1.165) is 27.9 Å². The van der Waals surface area contributed by atoms with Gasteiger partial charge in [-0.15, -0.1) is 0 Å². The maximum absolute atomic E-state index is 13.3. The largest absolute Gasteiger partial charge is 0.487 e. The molecule has 4 heteroatoms. The second-order valence-electron chi connectivity index (χ2n) is 9.18. The van der Waals surface area contributed by atoms with E-state index in [9.17, 15) is 4.39 Å². The molecule has 1 unspecified atom stereocenters. The van der Waals surface area contributed by atoms with Crippen molar-refractivity contribution in [2.24, 2.45) is 5.41 Å². The Balaban J connectivity index is 1.86. The molecule has 0 bridgehead atoms. The summed E-state index contributed by atoms with van der Waals surface area (Å²) in [6, 6.07) is 19.1. The van der Waals surface area contributed by atoms with Crippen LogP contribution in [0.5, 0.6) is 5.75 Å². The molecule has 0 fully saturated rings. The van der Waals surface area contributed by atoms with Crippen LogP contribution in [0.1, 0.15) is 49.2 Å². The highest BCUT2D eigenvalue weighted by Crippen LogP contribution is 2.43. The molecule has 0 aliphatic rings. The highest BCUT2D eigenvalue weighted by molar-refractivity contribution is 5.87. The van der Waals surface area contributed by atoms with Crippen LogP contribution in [0.3, 0.4) is 0 Å². The molecular formula is C27H29FN2O. The maximum Gasteiger partial charge on any atom is 0.147 e. The average molecular weight is 417 g/mol. The monoisotopic (exact) mass is 416 g/mol. The van der Waals surface area contributed by atoms with Gasteiger partial charge in [0.2, 0.25) is 0 Å². The highest BCUT2D eigenvalue weighted by atomic mass is 19.1. The lowest BCUT2D eigenvalue weighted by atomic mass is 9.82. The van der Waals surface area contributed by atoms with Gasteiger partial charge in [-0.05, 0) is 48.1 Å². The van der Waals surface area contributed by atoms with Crippen LogP contribution in [0.15, 0.2) is 66.9 Å². The molecule has 0 N–H and O–H groups in total. The molecule has 4 rings (SSSR count). The molecule has 0 aliphatic heterocycles. The van der Waals surface area contributed by atoms with E-state index in [1.807, 2.05) is 12.1 Å². The van der Waals surface area contributed by atoms with Gasteiger partial charge in [-0.1, -0.05) is 63.2 Å². The summed E-state index contributed by atoms with van der Waals surface area (Å²) in [6.07, 6.45) is 1.80. The average Bonchev–Trinajstić information content (AvgIpc) is 2.99. The first-order valence-corrected chi connectivity index (χ1v) is 10.7. The number of fused-ring (bicyclic) bond motifs is 1. The minimum absolute atomic E-state index is 0.0332. The van der Waals surface area contributed by atoms with Crippen molar-refractivity contribution in [3.63, 3.8) is 0 Å². The molecule has 160 valence electrons. The summed E-state index contributed by atoms with van der Waals surface area (Å²) in [5.74, 6) is 0.543. The standard InChI is InChI=1S/C27H29FN2O/c1-18-19(2)30(26(27(3,4)5)21-9-7-6-8-10-21)25-23(15-16-29-24(18)25)31-17-20-11-13-22(28)14-12-20/h6-16,26H,17H2,1-5H3. The Bertz CT molecular complexity index is 1190. The number of rotatable bonds is 5. The first-order valence-electron chi connectivity index (χ1n) is 10.7. The number of nitrogens with zero attached hydrogens (tertiary/aromatic N) is 2. The van der Waals surface area contributed by atoms with Gasteiger partial charge in [-0.2, -0.15) is 0 Å². The van der Waals surface area contributed by atoms with Crippen molar-refractivity contribution in [3.05, 3.63) is 95.1 Å². The van der Waals surface area contributed by atoms with E-state index >= 15 is 0 Å². The Morgan fingerprint density at radius 2 is 1.65 bits per heavy atom. The first kappa shape index (κ1) is 21.1. The molecule has 2 aromatic heterocycles. The molecule has 0 spiro atoms. The van der Waals surface area contributed by atoms with Crippen molar-refractivity contribution < 1.29 is 9.13 Å². The number of hydrogen-bond acceptors (Lipinski definition) is 2. The molecule has 0 amide bonds. The molecule has 0 radical (unpaired) electrons. The SMILES string of the molecule is Cc1c(C)n(C(c2ccccc2)C(C)(C)C)c2c(OCc3ccc(F)cc3)ccnc12. The minimum atomic E-state index is -0.244. The quantitative estimate of drug-likeness (QED) is 0.350. The van der Waals surface area contributed by atoms with E-state index < -0.39 is 0 Å². The Labute approximate surface area is 183 Å². The zero-order valence-electron chi connectivity index (χ0n) is 18.8. The molecule has 4 aromatic rings. The van der Waals surface area contributed by atoms with Gasteiger partial charge in [0.25, 0.3) is 0 Å². The molecular weight excluding hydrogens is 387 g/mol. The Hall–Kier alpha value is -3.14. The molecule has 31 heavy (non-hydrogen) atoms. The number of aromatic nitrogens is 2. The Morgan fingerprint density at radius 3 is 2.29 bits per heavy atom. The number of hydrogen-bond donors (Lipinski definition) is 0. The lowest BCUT2D eigenvalue weighted by Gasteiger charge is -2.34. The van der Waals surface area contributed by atoms with Crippen molar-refractivity contribution in [3.8, 4) is 5.75 Å². The van der Waals surface area contributed by atoms with E-state index in [-0.39, 0.29) is 17.3 Å². The Kier molecular flexibility index (Phi) is 5.57. The normalized spacial score (nSPS) is 12.8. The van der Waals surface area contributed by atoms with E-state index in [2.05, 4.69) is 63.5 Å². The third-order valence-corrected chi connectivity index (χ3v) is 5.89. The lowest BCUT2D eigenvalue weighted by molar-refractivity contribution is 0.279. The van der Waals surface area contributed by atoms with Crippen LogP contribution in [-0.2, 0) is 6.61 Å². The van der Waals surface area contributed by atoms with Gasteiger partial charge in [0.05, 0.1) is 11.6 Å². The van der Waals surface area contributed by atoms with E-state index in [4.69, 9.17) is 9.72 Å². The topological polar surface area (TPSA) is 27.1 Å². The van der Waals surface area contributed by atoms with Gasteiger partial charge in [0.1, 0.15) is 23.7 Å². The number of benzene rings is 2. The number of pyridine rings is 1. The summed E-state index contributed by atoms with van der Waals surface area (Å²) in [5, 5.41) is 0. The molecule has 0 saturated carbocycles. The third-order valence-electron chi connectivity index (χ3n) is 5.89. The van der Waals surface area contributed by atoms with Gasteiger partial charge in [-0.3, -0.25) is 4.98 Å². The number of aryl methyl sites for hydroxylation is 1. The van der Waals surface area contributed by atoms with E-state index in [1.165, 1.54) is 23.4 Å². The zero-order valence-corrected chi connectivity index (χ0v) is 18.8. The number of halogens is 1. The fraction of sp³-hybridized carbons (Fsp3) is 0.296. The van der Waals surface area contributed by atoms with Crippen LogP contribution >= 0.6 is 0 Å². The third kappa shape index (κ3) is 4.07. The molecule has 2 heterocycles. The van der Waals surface area contributed by atoms with Crippen molar-refractivity contribution in [2.75, 3.05) is 0 Å². The van der Waals surface area contributed by atoms with Gasteiger partial charge < -0.3 is 9.30 Å². The summed E-state index contributed by atoms with van der Waals surface area (Å²) >= 11 is 0. The summed E-state index contributed by atoms with van der Waals surface area (Å²) in [7, 11) is 0. The second kappa shape index (κ2) is 8.18. The van der Waals surface area contributed by atoms with Crippen molar-refractivity contribution in [1.82, 2.24) is 9.55 Å². The van der Waals surface area contributed by atoms with Crippen molar-refractivity contribution in [2.45, 2.75) is 47.3 Å². The summed E-state index contributed by atoms with van der Waals surface area (Å²) in [4.78, 5) is 4.70. The van der Waals surface area contributed by atoms with Crippen molar-refractivity contribution >= 4 is 11.0 Å². The van der Waals surface area contributed by atoms with E-state index in [1.54, 1.807) is 18.3 Å². The van der Waals surface area contributed by atoms with Crippen molar-refractivity contribution in [1.29, 1.82) is 0 Å². The fourth-order valence-corrected chi connectivity index (χ4v) is 4.32. The molecule has 1 atom stereocenters. The van der Waals surface area contributed by atoms with Gasteiger partial charge in [0.15, 0.2) is 0 Å². The number of ether oxygens (including phenoxy) is 1. The molecule has 0 aliphatic carbocycles. The summed E-state index contributed by atoms with van der Waals surface area (Å²) in [6.45, 7) is 11.4. The van der Waals surface area contributed by atoms with Crippen LogP contribution in [0, 0.1) is 25.1 Å². The highest BCUT2D eigenvalue weighted by Gasteiger charge is 2.32. The van der Waals surface area contributed by atoms with Gasteiger partial charge in [0, 0.05) is 18.0 Å². The Morgan fingerprint density at radius 1 is 0.968 bits per heavy atom. The van der Waals surface area contributed by atoms with Crippen LogP contribution in [0.4, 0.5) is 4.39 Å².